The molecular weight excluding hydrogens is 418 g/mol. The molecule has 8 nitrogen and oxygen atoms in total. The topological polar surface area (TPSA) is 97.9 Å². The number of benzene rings is 2. The molecule has 0 fully saturated rings. The van der Waals surface area contributed by atoms with Crippen LogP contribution < -0.4 is 30.4 Å². The summed E-state index contributed by atoms with van der Waals surface area (Å²) in [5.74, 6) is 0.684. The number of hydrogen-bond acceptors (Lipinski definition) is 6. The van der Waals surface area contributed by atoms with Gasteiger partial charge in [0.1, 0.15) is 21.7 Å². The van der Waals surface area contributed by atoms with Crippen molar-refractivity contribution in [3.8, 4) is 17.2 Å². The number of rotatable bonds is 7. The summed E-state index contributed by atoms with van der Waals surface area (Å²) in [6.45, 7) is -0.0143. The van der Waals surface area contributed by atoms with Crippen LogP contribution in [-0.2, 0) is 4.79 Å². The van der Waals surface area contributed by atoms with Crippen molar-refractivity contribution in [1.29, 1.82) is 0 Å². The molecule has 2 aromatic rings. The first-order valence-corrected chi connectivity index (χ1v) is 8.66. The normalized spacial score (nSPS) is 9.93. The van der Waals surface area contributed by atoms with Crippen LogP contribution >= 0.6 is 15.9 Å². The van der Waals surface area contributed by atoms with Crippen LogP contribution in [0.1, 0.15) is 10.4 Å². The molecule has 2 amide bonds. The van der Waals surface area contributed by atoms with Gasteiger partial charge >= 0.3 is 0 Å². The number of amides is 2. The maximum absolute atomic E-state index is 12.3. The molecule has 0 saturated heterocycles. The molecule has 0 aliphatic carbocycles. The maximum Gasteiger partial charge on any atom is 0.269 e. The van der Waals surface area contributed by atoms with Gasteiger partial charge in [0.05, 0.1) is 27.9 Å². The number of carbonyl (C=O) groups is 2. The molecule has 2 rings (SSSR count). The van der Waals surface area contributed by atoms with Crippen LogP contribution in [0.5, 0.6) is 17.2 Å². The first-order chi connectivity index (χ1) is 13.0. The predicted octanol–water partition coefficient (Wildman–Crippen LogP) is 2.35. The Hall–Kier alpha value is -2.94. The molecule has 0 aliphatic heterocycles. The molecule has 0 aliphatic rings. The Kier molecular flexibility index (Phi) is 7.30. The average Bonchev–Trinajstić information content (AvgIpc) is 2.70. The van der Waals surface area contributed by atoms with Crippen LogP contribution in [0.15, 0.2) is 40.9 Å². The zero-order chi connectivity index (χ0) is 19.8. The lowest BCUT2D eigenvalue weighted by atomic mass is 10.2. The highest BCUT2D eigenvalue weighted by Gasteiger charge is 2.15. The van der Waals surface area contributed by atoms with E-state index in [2.05, 4.69) is 32.1 Å². The van der Waals surface area contributed by atoms with Crippen molar-refractivity contribution < 1.29 is 23.8 Å². The lowest BCUT2D eigenvalue weighted by molar-refractivity contribution is -0.120. The number of nitrogens with one attached hydrogen (secondary N) is 3. The Labute approximate surface area is 165 Å². The third-order valence-corrected chi connectivity index (χ3v) is 4.35. The molecule has 144 valence electrons. The lowest BCUT2D eigenvalue weighted by Crippen LogP contribution is -2.44. The molecule has 0 saturated carbocycles. The second-order valence-electron chi connectivity index (χ2n) is 5.28. The van der Waals surface area contributed by atoms with Crippen molar-refractivity contribution in [2.75, 3.05) is 33.2 Å². The highest BCUT2D eigenvalue weighted by molar-refractivity contribution is 9.10. The van der Waals surface area contributed by atoms with E-state index in [-0.39, 0.29) is 12.1 Å². The minimum absolute atomic E-state index is 0.0143. The summed E-state index contributed by atoms with van der Waals surface area (Å²) < 4.78 is 16.1. The summed E-state index contributed by atoms with van der Waals surface area (Å²) in [6.07, 6.45) is 0. The van der Waals surface area contributed by atoms with Gasteiger partial charge in [0.15, 0.2) is 0 Å². The highest BCUT2D eigenvalue weighted by atomic mass is 79.9. The van der Waals surface area contributed by atoms with E-state index in [0.717, 1.165) is 11.4 Å². The van der Waals surface area contributed by atoms with Crippen molar-refractivity contribution in [1.82, 2.24) is 10.9 Å². The van der Waals surface area contributed by atoms with Gasteiger partial charge in [-0.2, -0.15) is 0 Å². The van der Waals surface area contributed by atoms with Gasteiger partial charge in [0.2, 0.25) is 0 Å². The third-order valence-electron chi connectivity index (χ3n) is 3.57. The Bertz CT molecular complexity index is 786. The van der Waals surface area contributed by atoms with Crippen LogP contribution in [0, 0.1) is 0 Å². The van der Waals surface area contributed by atoms with Crippen molar-refractivity contribution >= 4 is 33.4 Å². The zero-order valence-electron chi connectivity index (χ0n) is 15.1. The summed E-state index contributed by atoms with van der Waals surface area (Å²) in [4.78, 5) is 24.2. The number of ether oxygens (including phenoxy) is 3. The fourth-order valence-electron chi connectivity index (χ4n) is 2.13. The molecule has 0 spiro atoms. The molecule has 0 heterocycles. The van der Waals surface area contributed by atoms with E-state index >= 15 is 0 Å². The Balaban J connectivity index is 1.89. The summed E-state index contributed by atoms with van der Waals surface area (Å²) in [5, 5.41) is 2.94. The van der Waals surface area contributed by atoms with Crippen molar-refractivity contribution in [2.24, 2.45) is 0 Å². The van der Waals surface area contributed by atoms with Gasteiger partial charge in [-0.15, -0.1) is 0 Å². The van der Waals surface area contributed by atoms with Gasteiger partial charge in [-0.25, -0.2) is 0 Å². The molecule has 0 atom stereocenters. The number of halogens is 1. The lowest BCUT2D eigenvalue weighted by Gasteiger charge is -2.12. The smallest absolute Gasteiger partial charge is 0.269 e. The second kappa shape index (κ2) is 9.67. The summed E-state index contributed by atoms with van der Waals surface area (Å²) in [5.41, 5.74) is 5.72. The molecule has 27 heavy (non-hydrogen) atoms. The molecule has 9 heteroatoms. The molecule has 0 unspecified atom stereocenters. The monoisotopic (exact) mass is 437 g/mol. The molecule has 2 aromatic carbocycles. The van der Waals surface area contributed by atoms with Gasteiger partial charge in [-0.3, -0.25) is 20.4 Å². The van der Waals surface area contributed by atoms with Crippen LogP contribution in [0.25, 0.3) is 0 Å². The fourth-order valence-corrected chi connectivity index (χ4v) is 2.69. The average molecular weight is 438 g/mol. The minimum atomic E-state index is -0.503. The van der Waals surface area contributed by atoms with Crippen LogP contribution in [0.4, 0.5) is 5.69 Å². The molecule has 0 radical (unpaired) electrons. The number of hydrazine groups is 1. The summed E-state index contributed by atoms with van der Waals surface area (Å²) in [6, 6.07) is 10.2. The van der Waals surface area contributed by atoms with Gasteiger partial charge in [-0.05, 0) is 52.3 Å². The Morgan fingerprint density at radius 1 is 0.926 bits per heavy atom. The molecule has 0 bridgehead atoms. The summed E-state index contributed by atoms with van der Waals surface area (Å²) >= 11 is 3.33. The standard InChI is InChI=1S/C18H20BrN3O5/c1-25-13-6-4-12(5-7-13)20-10-16(23)21-22-18(24)11-8-14(26-2)17(19)15(9-11)27-3/h4-9,20H,10H2,1-3H3,(H,21,23)(H,22,24). The second-order valence-corrected chi connectivity index (χ2v) is 6.07. The van der Waals surface area contributed by atoms with Gasteiger partial charge in [0.25, 0.3) is 11.8 Å². The SMILES string of the molecule is COc1ccc(NCC(=O)NNC(=O)c2cc(OC)c(Br)c(OC)c2)cc1. The van der Waals surface area contributed by atoms with Crippen molar-refractivity contribution in [3.63, 3.8) is 0 Å². The number of methoxy groups -OCH3 is 3. The van der Waals surface area contributed by atoms with Crippen LogP contribution in [-0.4, -0.2) is 39.7 Å². The van der Waals surface area contributed by atoms with Gasteiger partial charge in [-0.1, -0.05) is 0 Å². The van der Waals surface area contributed by atoms with E-state index in [4.69, 9.17) is 14.2 Å². The van der Waals surface area contributed by atoms with E-state index in [1.165, 1.54) is 26.4 Å². The van der Waals surface area contributed by atoms with E-state index in [9.17, 15) is 9.59 Å². The minimum Gasteiger partial charge on any atom is -0.497 e. The van der Waals surface area contributed by atoms with Crippen molar-refractivity contribution in [3.05, 3.63) is 46.4 Å². The Morgan fingerprint density at radius 2 is 1.52 bits per heavy atom. The number of hydrogen-bond donors (Lipinski definition) is 3. The molecule has 0 aromatic heterocycles. The zero-order valence-corrected chi connectivity index (χ0v) is 16.7. The van der Waals surface area contributed by atoms with E-state index in [1.807, 2.05) is 0 Å². The quantitative estimate of drug-likeness (QED) is 0.575. The summed E-state index contributed by atoms with van der Waals surface area (Å²) in [7, 11) is 4.54. The molecule has 3 N–H and O–H groups in total. The van der Waals surface area contributed by atoms with Crippen molar-refractivity contribution in [2.45, 2.75) is 0 Å². The highest BCUT2D eigenvalue weighted by Crippen LogP contribution is 2.35. The first-order valence-electron chi connectivity index (χ1n) is 7.87. The van der Waals surface area contributed by atoms with E-state index < -0.39 is 11.8 Å². The van der Waals surface area contributed by atoms with Crippen LogP contribution in [0.2, 0.25) is 0 Å². The van der Waals surface area contributed by atoms with E-state index in [1.54, 1.807) is 31.4 Å². The third kappa shape index (κ3) is 5.52. The largest absolute Gasteiger partial charge is 0.497 e. The number of carbonyl (C=O) groups excluding carboxylic acids is 2. The number of anilines is 1. The Morgan fingerprint density at radius 3 is 2.04 bits per heavy atom. The van der Waals surface area contributed by atoms with E-state index in [0.29, 0.717) is 16.0 Å². The molecular formula is C18H20BrN3O5. The maximum atomic E-state index is 12.3. The van der Waals surface area contributed by atoms with Gasteiger partial charge < -0.3 is 19.5 Å². The van der Waals surface area contributed by atoms with Crippen LogP contribution in [0.3, 0.4) is 0 Å². The first kappa shape index (κ1) is 20.4. The predicted molar refractivity (Wildman–Crippen MR) is 104 cm³/mol. The fraction of sp³-hybridized carbons (Fsp3) is 0.222. The van der Waals surface area contributed by atoms with Gasteiger partial charge in [0, 0.05) is 11.3 Å².